The number of hydrogen-bond acceptors (Lipinski definition) is 4. The van der Waals surface area contributed by atoms with Gasteiger partial charge in [0.25, 0.3) is 5.91 Å². The van der Waals surface area contributed by atoms with E-state index < -0.39 is 0 Å². The summed E-state index contributed by atoms with van der Waals surface area (Å²) >= 11 is 5.39. The molecule has 30 heavy (non-hydrogen) atoms. The number of rotatable bonds is 7. The molecule has 0 bridgehead atoms. The zero-order valence-electron chi connectivity index (χ0n) is 16.8. The van der Waals surface area contributed by atoms with Gasteiger partial charge in [-0.05, 0) is 48.1 Å². The zero-order valence-corrected chi connectivity index (χ0v) is 17.6. The molecule has 3 aromatic rings. The summed E-state index contributed by atoms with van der Waals surface area (Å²) in [4.78, 5) is 12.5. The van der Waals surface area contributed by atoms with E-state index in [0.717, 1.165) is 11.3 Å². The number of thiocarbonyl (C=S) groups is 1. The minimum absolute atomic E-state index is 0.152. The Labute approximate surface area is 181 Å². The van der Waals surface area contributed by atoms with Crippen molar-refractivity contribution < 1.29 is 14.3 Å². The molecular weight excluding hydrogens is 398 g/mol. The van der Waals surface area contributed by atoms with Crippen LogP contribution in [0.25, 0.3) is 0 Å². The van der Waals surface area contributed by atoms with E-state index in [1.54, 1.807) is 44.6 Å². The molecule has 7 heteroatoms. The number of carbonyl (C=O) groups excluding carboxylic acids is 1. The Morgan fingerprint density at radius 3 is 2.23 bits per heavy atom. The Balaban J connectivity index is 1.60. The number of nitrogens with one attached hydrogen (secondary N) is 3. The van der Waals surface area contributed by atoms with E-state index in [0.29, 0.717) is 34.4 Å². The number of anilines is 2. The lowest BCUT2D eigenvalue weighted by molar-refractivity contribution is 0.0951. The normalized spacial score (nSPS) is 10.1. The highest BCUT2D eigenvalue weighted by atomic mass is 32.1. The summed E-state index contributed by atoms with van der Waals surface area (Å²) in [7, 11) is 3.16. The second kappa shape index (κ2) is 10.3. The Kier molecular flexibility index (Phi) is 7.24. The van der Waals surface area contributed by atoms with Gasteiger partial charge in [0.05, 0.1) is 14.2 Å². The molecule has 6 nitrogen and oxygen atoms in total. The van der Waals surface area contributed by atoms with Crippen LogP contribution in [-0.4, -0.2) is 25.2 Å². The molecule has 0 aliphatic rings. The van der Waals surface area contributed by atoms with Crippen LogP contribution in [0.2, 0.25) is 0 Å². The molecule has 0 unspecified atom stereocenters. The van der Waals surface area contributed by atoms with E-state index in [1.807, 2.05) is 42.5 Å². The van der Waals surface area contributed by atoms with Gasteiger partial charge in [-0.1, -0.05) is 36.4 Å². The van der Waals surface area contributed by atoms with E-state index in [9.17, 15) is 4.79 Å². The molecule has 0 radical (unpaired) electrons. The maximum atomic E-state index is 12.5. The summed E-state index contributed by atoms with van der Waals surface area (Å²) < 4.78 is 10.5. The molecule has 0 aliphatic heterocycles. The van der Waals surface area contributed by atoms with Crippen LogP contribution in [0.15, 0.2) is 72.8 Å². The standard InChI is InChI=1S/C23H23N3O3S/c1-28-20-12-11-19(14-21(20)29-2)26-23(30)25-18-10-6-9-17(13-18)22(27)24-15-16-7-4-3-5-8-16/h3-14H,15H2,1-2H3,(H,24,27)(H2,25,26,30). The van der Waals surface area contributed by atoms with Gasteiger partial charge < -0.3 is 25.4 Å². The SMILES string of the molecule is COc1ccc(NC(=S)Nc2cccc(C(=O)NCc3ccccc3)c2)cc1OC. The van der Waals surface area contributed by atoms with E-state index in [1.165, 1.54) is 0 Å². The second-order valence-corrected chi connectivity index (χ2v) is 6.81. The fourth-order valence-corrected chi connectivity index (χ4v) is 3.06. The Hall–Kier alpha value is -3.58. The Morgan fingerprint density at radius 2 is 1.53 bits per heavy atom. The largest absolute Gasteiger partial charge is 0.493 e. The van der Waals surface area contributed by atoms with Gasteiger partial charge >= 0.3 is 0 Å². The molecule has 0 spiro atoms. The minimum Gasteiger partial charge on any atom is -0.493 e. The molecular formula is C23H23N3O3S. The van der Waals surface area contributed by atoms with Crippen LogP contribution in [0.5, 0.6) is 11.5 Å². The third-order valence-electron chi connectivity index (χ3n) is 4.32. The number of hydrogen-bond donors (Lipinski definition) is 3. The first-order valence-electron chi connectivity index (χ1n) is 9.31. The van der Waals surface area contributed by atoms with Crippen molar-refractivity contribution in [2.75, 3.05) is 24.9 Å². The van der Waals surface area contributed by atoms with Crippen LogP contribution in [-0.2, 0) is 6.54 Å². The number of carbonyl (C=O) groups is 1. The van der Waals surface area contributed by atoms with E-state index in [2.05, 4.69) is 16.0 Å². The lowest BCUT2D eigenvalue weighted by atomic mass is 10.1. The Morgan fingerprint density at radius 1 is 0.833 bits per heavy atom. The van der Waals surface area contributed by atoms with Gasteiger partial charge in [-0.15, -0.1) is 0 Å². The second-order valence-electron chi connectivity index (χ2n) is 6.40. The molecule has 0 atom stereocenters. The molecule has 3 aromatic carbocycles. The van der Waals surface area contributed by atoms with Gasteiger partial charge in [0.15, 0.2) is 16.6 Å². The predicted molar refractivity (Wildman–Crippen MR) is 123 cm³/mol. The number of benzene rings is 3. The summed E-state index contributed by atoms with van der Waals surface area (Å²) in [5, 5.41) is 9.50. The van der Waals surface area contributed by atoms with Crippen LogP contribution in [0.3, 0.4) is 0 Å². The molecule has 0 aliphatic carbocycles. The van der Waals surface area contributed by atoms with E-state index in [4.69, 9.17) is 21.7 Å². The Bertz CT molecular complexity index is 1030. The third kappa shape index (κ3) is 5.71. The first kappa shape index (κ1) is 21.1. The van der Waals surface area contributed by atoms with Gasteiger partial charge in [-0.3, -0.25) is 4.79 Å². The number of methoxy groups -OCH3 is 2. The van der Waals surface area contributed by atoms with Crippen molar-refractivity contribution in [1.29, 1.82) is 0 Å². The topological polar surface area (TPSA) is 71.6 Å². The van der Waals surface area contributed by atoms with Gasteiger partial charge in [-0.2, -0.15) is 0 Å². The molecule has 0 fully saturated rings. The number of amides is 1. The van der Waals surface area contributed by atoms with Crippen molar-refractivity contribution in [1.82, 2.24) is 5.32 Å². The third-order valence-corrected chi connectivity index (χ3v) is 4.52. The summed E-state index contributed by atoms with van der Waals surface area (Å²) in [6.45, 7) is 0.469. The molecule has 3 rings (SSSR count). The smallest absolute Gasteiger partial charge is 0.251 e. The highest BCUT2D eigenvalue weighted by molar-refractivity contribution is 7.80. The zero-order chi connectivity index (χ0) is 21.3. The summed E-state index contributed by atoms with van der Waals surface area (Å²) in [5.41, 5.74) is 3.05. The average molecular weight is 422 g/mol. The van der Waals surface area contributed by atoms with Crippen LogP contribution in [0, 0.1) is 0 Å². The molecule has 0 saturated heterocycles. The van der Waals surface area contributed by atoms with Gasteiger partial charge in [-0.25, -0.2) is 0 Å². The first-order valence-corrected chi connectivity index (χ1v) is 9.72. The first-order chi connectivity index (χ1) is 14.6. The highest BCUT2D eigenvalue weighted by Gasteiger charge is 2.08. The molecule has 0 heterocycles. The van der Waals surface area contributed by atoms with E-state index in [-0.39, 0.29) is 5.91 Å². The lowest BCUT2D eigenvalue weighted by Crippen LogP contribution is -2.23. The minimum atomic E-state index is -0.152. The van der Waals surface area contributed by atoms with Crippen LogP contribution < -0.4 is 25.4 Å². The molecule has 0 saturated carbocycles. The maximum absolute atomic E-state index is 12.5. The van der Waals surface area contributed by atoms with Gasteiger partial charge in [0.2, 0.25) is 0 Å². The van der Waals surface area contributed by atoms with Crippen LogP contribution >= 0.6 is 12.2 Å². The van der Waals surface area contributed by atoms with Crippen LogP contribution in [0.1, 0.15) is 15.9 Å². The fourth-order valence-electron chi connectivity index (χ4n) is 2.83. The van der Waals surface area contributed by atoms with Crippen LogP contribution in [0.4, 0.5) is 11.4 Å². The van der Waals surface area contributed by atoms with Crippen molar-refractivity contribution in [2.24, 2.45) is 0 Å². The number of ether oxygens (including phenoxy) is 2. The summed E-state index contributed by atoms with van der Waals surface area (Å²) in [6, 6.07) is 22.3. The van der Waals surface area contributed by atoms with Crippen molar-refractivity contribution in [3.05, 3.63) is 83.9 Å². The molecule has 154 valence electrons. The quantitative estimate of drug-likeness (QED) is 0.490. The van der Waals surface area contributed by atoms with Gasteiger partial charge in [0.1, 0.15) is 0 Å². The van der Waals surface area contributed by atoms with Crippen molar-refractivity contribution in [3.8, 4) is 11.5 Å². The molecule has 0 aromatic heterocycles. The highest BCUT2D eigenvalue weighted by Crippen LogP contribution is 2.29. The summed E-state index contributed by atoms with van der Waals surface area (Å²) in [6.07, 6.45) is 0. The average Bonchev–Trinajstić information content (AvgIpc) is 2.78. The maximum Gasteiger partial charge on any atom is 0.251 e. The molecule has 1 amide bonds. The lowest BCUT2D eigenvalue weighted by Gasteiger charge is -2.14. The fraction of sp³-hybridized carbons (Fsp3) is 0.130. The van der Waals surface area contributed by atoms with Crippen molar-refractivity contribution >= 4 is 34.6 Å². The van der Waals surface area contributed by atoms with Gasteiger partial charge in [0, 0.05) is 29.5 Å². The van der Waals surface area contributed by atoms with Crippen molar-refractivity contribution in [3.63, 3.8) is 0 Å². The summed E-state index contributed by atoms with van der Waals surface area (Å²) in [5.74, 6) is 1.08. The predicted octanol–water partition coefficient (Wildman–Crippen LogP) is 4.44. The monoisotopic (exact) mass is 421 g/mol. The van der Waals surface area contributed by atoms with Crippen molar-refractivity contribution in [2.45, 2.75) is 6.54 Å². The van der Waals surface area contributed by atoms with E-state index >= 15 is 0 Å². The molecule has 3 N–H and O–H groups in total.